The zero-order valence-corrected chi connectivity index (χ0v) is 9.54. The highest BCUT2D eigenvalue weighted by Crippen LogP contribution is 2.29. The largest absolute Gasteiger partial charge is 0.370 e. The van der Waals surface area contributed by atoms with Crippen molar-refractivity contribution in [2.75, 3.05) is 18.4 Å². The van der Waals surface area contributed by atoms with E-state index in [0.29, 0.717) is 6.04 Å². The third-order valence-electron chi connectivity index (χ3n) is 3.54. The average molecular weight is 224 g/mol. The van der Waals surface area contributed by atoms with E-state index in [-0.39, 0.29) is 0 Å². The number of piperidine rings is 1. The van der Waals surface area contributed by atoms with Crippen molar-refractivity contribution in [3.63, 3.8) is 0 Å². The van der Waals surface area contributed by atoms with Gasteiger partial charge in [0, 0.05) is 30.2 Å². The lowest BCUT2D eigenvalue weighted by atomic mass is 9.99. The first-order valence-electron chi connectivity index (χ1n) is 5.71. The van der Waals surface area contributed by atoms with Crippen LogP contribution in [0, 0.1) is 0 Å². The van der Waals surface area contributed by atoms with Gasteiger partial charge >= 0.3 is 0 Å². The Bertz CT molecular complexity index is 313. The fraction of sp³-hybridized carbons (Fsp3) is 0.800. The molecule has 1 aromatic rings. The molecule has 2 aliphatic rings. The molecule has 2 atom stereocenters. The first kappa shape index (κ1) is 9.54. The van der Waals surface area contributed by atoms with E-state index in [1.165, 1.54) is 50.3 Å². The second-order valence-corrected chi connectivity index (χ2v) is 5.21. The lowest BCUT2D eigenvalue weighted by Crippen LogP contribution is -2.41. The van der Waals surface area contributed by atoms with Crippen LogP contribution in [0.15, 0.2) is 6.20 Å². The molecule has 3 heterocycles. The summed E-state index contributed by atoms with van der Waals surface area (Å²) >= 11 is 1.46. The highest BCUT2D eigenvalue weighted by atomic mass is 32.1. The van der Waals surface area contributed by atoms with Crippen LogP contribution >= 0.6 is 11.5 Å². The van der Waals surface area contributed by atoms with E-state index < -0.39 is 0 Å². The van der Waals surface area contributed by atoms with Gasteiger partial charge in [0.1, 0.15) is 5.00 Å². The number of anilines is 1. The van der Waals surface area contributed by atoms with Crippen LogP contribution in [0.5, 0.6) is 0 Å². The van der Waals surface area contributed by atoms with Crippen molar-refractivity contribution in [1.82, 2.24) is 14.5 Å². The van der Waals surface area contributed by atoms with Crippen LogP contribution in [0.25, 0.3) is 0 Å². The van der Waals surface area contributed by atoms with Crippen molar-refractivity contribution in [2.24, 2.45) is 0 Å². The molecule has 0 saturated carbocycles. The molecule has 5 heteroatoms. The molecule has 1 aromatic heterocycles. The van der Waals surface area contributed by atoms with Gasteiger partial charge in [-0.25, -0.2) is 0 Å². The lowest BCUT2D eigenvalue weighted by molar-refractivity contribution is 0.193. The van der Waals surface area contributed by atoms with Gasteiger partial charge in [-0.15, -0.1) is 5.10 Å². The Labute approximate surface area is 93.8 Å². The molecule has 0 aromatic carbocycles. The Morgan fingerprint density at radius 1 is 1.33 bits per heavy atom. The summed E-state index contributed by atoms with van der Waals surface area (Å²) in [5.41, 5.74) is 0. The molecular formula is C10H16N4S. The third kappa shape index (κ3) is 1.86. The standard InChI is InChI=1S/C10H16N4S/c1-2-5-14-6-4-8(9(14)3-1)12-10-7-11-13-15-10/h7-9,12H,1-6H2. The Morgan fingerprint density at radius 3 is 3.20 bits per heavy atom. The summed E-state index contributed by atoms with van der Waals surface area (Å²) < 4.78 is 3.88. The maximum absolute atomic E-state index is 3.88. The Balaban J connectivity index is 1.67. The number of aromatic nitrogens is 2. The van der Waals surface area contributed by atoms with Gasteiger partial charge in [0.2, 0.25) is 0 Å². The summed E-state index contributed by atoms with van der Waals surface area (Å²) in [6.07, 6.45) is 7.22. The van der Waals surface area contributed by atoms with Gasteiger partial charge in [0.05, 0.1) is 6.20 Å². The van der Waals surface area contributed by atoms with E-state index in [0.717, 1.165) is 11.0 Å². The van der Waals surface area contributed by atoms with Gasteiger partial charge in [-0.05, 0) is 25.8 Å². The number of fused-ring (bicyclic) bond motifs is 1. The van der Waals surface area contributed by atoms with E-state index in [2.05, 4.69) is 19.8 Å². The minimum atomic E-state index is 0.618. The summed E-state index contributed by atoms with van der Waals surface area (Å²) in [7, 11) is 0. The molecule has 2 fully saturated rings. The fourth-order valence-electron chi connectivity index (χ4n) is 2.83. The normalized spacial score (nSPS) is 31.5. The van der Waals surface area contributed by atoms with Crippen LogP contribution in [0.1, 0.15) is 25.7 Å². The molecule has 0 spiro atoms. The minimum Gasteiger partial charge on any atom is -0.370 e. The molecular weight excluding hydrogens is 208 g/mol. The number of rotatable bonds is 2. The molecule has 0 bridgehead atoms. The van der Waals surface area contributed by atoms with E-state index in [9.17, 15) is 0 Å². The first-order chi connectivity index (χ1) is 7.43. The van der Waals surface area contributed by atoms with Crippen molar-refractivity contribution in [3.8, 4) is 0 Å². The van der Waals surface area contributed by atoms with Crippen LogP contribution in [0.4, 0.5) is 5.00 Å². The zero-order valence-electron chi connectivity index (χ0n) is 8.72. The highest BCUT2D eigenvalue weighted by molar-refractivity contribution is 7.09. The van der Waals surface area contributed by atoms with E-state index in [1.807, 2.05) is 6.20 Å². The number of nitrogens with zero attached hydrogens (tertiary/aromatic N) is 3. The molecule has 0 radical (unpaired) electrons. The smallest absolute Gasteiger partial charge is 0.130 e. The van der Waals surface area contributed by atoms with E-state index >= 15 is 0 Å². The predicted molar refractivity (Wildman–Crippen MR) is 61.1 cm³/mol. The van der Waals surface area contributed by atoms with Gasteiger partial charge in [-0.1, -0.05) is 10.9 Å². The van der Waals surface area contributed by atoms with Crippen LogP contribution in [-0.4, -0.2) is 39.7 Å². The molecule has 2 saturated heterocycles. The summed E-state index contributed by atoms with van der Waals surface area (Å²) in [6.45, 7) is 2.55. The maximum atomic E-state index is 3.88. The number of hydrogen-bond donors (Lipinski definition) is 1. The number of hydrogen-bond acceptors (Lipinski definition) is 5. The second-order valence-electron chi connectivity index (χ2n) is 4.42. The predicted octanol–water partition coefficient (Wildman–Crippen LogP) is 1.58. The topological polar surface area (TPSA) is 41.1 Å². The summed E-state index contributed by atoms with van der Waals surface area (Å²) in [5.74, 6) is 0. The molecule has 0 aliphatic carbocycles. The quantitative estimate of drug-likeness (QED) is 0.828. The van der Waals surface area contributed by atoms with Gasteiger partial charge < -0.3 is 5.32 Å². The van der Waals surface area contributed by atoms with Crippen LogP contribution in [0.3, 0.4) is 0 Å². The molecule has 2 aliphatic heterocycles. The molecule has 15 heavy (non-hydrogen) atoms. The fourth-order valence-corrected chi connectivity index (χ4v) is 3.31. The lowest BCUT2D eigenvalue weighted by Gasteiger charge is -2.32. The van der Waals surface area contributed by atoms with Crippen LogP contribution in [0.2, 0.25) is 0 Å². The van der Waals surface area contributed by atoms with Crippen molar-refractivity contribution >= 4 is 16.5 Å². The van der Waals surface area contributed by atoms with E-state index in [4.69, 9.17) is 0 Å². The van der Waals surface area contributed by atoms with Crippen molar-refractivity contribution in [1.29, 1.82) is 0 Å². The van der Waals surface area contributed by atoms with Gasteiger partial charge in [-0.2, -0.15) is 0 Å². The molecule has 4 nitrogen and oxygen atoms in total. The number of nitrogens with one attached hydrogen (secondary N) is 1. The zero-order chi connectivity index (χ0) is 10.1. The Morgan fingerprint density at radius 2 is 2.33 bits per heavy atom. The Kier molecular flexibility index (Phi) is 2.58. The van der Waals surface area contributed by atoms with Gasteiger partial charge in [0.25, 0.3) is 0 Å². The molecule has 1 N–H and O–H groups in total. The molecule has 3 rings (SSSR count). The Hall–Kier alpha value is -0.680. The van der Waals surface area contributed by atoms with Crippen LogP contribution < -0.4 is 5.32 Å². The van der Waals surface area contributed by atoms with Gasteiger partial charge in [0.15, 0.2) is 0 Å². The highest BCUT2D eigenvalue weighted by Gasteiger charge is 2.35. The van der Waals surface area contributed by atoms with Crippen molar-refractivity contribution in [2.45, 2.75) is 37.8 Å². The summed E-state index contributed by atoms with van der Waals surface area (Å²) in [6, 6.07) is 1.37. The monoisotopic (exact) mass is 224 g/mol. The molecule has 2 unspecified atom stereocenters. The third-order valence-corrected chi connectivity index (χ3v) is 4.14. The maximum Gasteiger partial charge on any atom is 0.130 e. The average Bonchev–Trinajstić information content (AvgIpc) is 2.89. The van der Waals surface area contributed by atoms with Crippen molar-refractivity contribution < 1.29 is 0 Å². The minimum absolute atomic E-state index is 0.618. The molecule has 82 valence electrons. The van der Waals surface area contributed by atoms with Crippen LogP contribution in [-0.2, 0) is 0 Å². The van der Waals surface area contributed by atoms with E-state index in [1.54, 1.807) is 0 Å². The summed E-state index contributed by atoms with van der Waals surface area (Å²) in [5, 5.41) is 8.55. The summed E-state index contributed by atoms with van der Waals surface area (Å²) in [4.78, 5) is 2.63. The first-order valence-corrected chi connectivity index (χ1v) is 6.49. The van der Waals surface area contributed by atoms with Gasteiger partial charge in [-0.3, -0.25) is 4.90 Å². The molecule has 0 amide bonds. The second kappa shape index (κ2) is 4.06. The van der Waals surface area contributed by atoms with Crippen molar-refractivity contribution in [3.05, 3.63) is 6.20 Å². The SMILES string of the molecule is c1nnsc1NC1CCN2CCCCC12.